The van der Waals surface area contributed by atoms with Gasteiger partial charge in [0.25, 0.3) is 0 Å². The molecule has 76 valence electrons. The van der Waals surface area contributed by atoms with Crippen LogP contribution >= 0.6 is 0 Å². The van der Waals surface area contributed by atoms with E-state index < -0.39 is 21.3 Å². The maximum absolute atomic E-state index is 11.2. The highest BCUT2D eigenvalue weighted by Crippen LogP contribution is 2.22. The number of carbonyl (C=O) groups excluding carboxylic acids is 1. The molecule has 0 radical (unpaired) electrons. The van der Waals surface area contributed by atoms with Crippen molar-refractivity contribution in [2.24, 2.45) is 5.73 Å². The van der Waals surface area contributed by atoms with Gasteiger partial charge in [0.2, 0.25) is 0 Å². The maximum atomic E-state index is 11.2. The van der Waals surface area contributed by atoms with Gasteiger partial charge < -0.3 is 10.5 Å². The number of rotatable bonds is 2. The van der Waals surface area contributed by atoms with Crippen LogP contribution < -0.4 is 5.73 Å². The molecule has 0 bridgehead atoms. The van der Waals surface area contributed by atoms with E-state index in [1.54, 1.807) is 6.92 Å². The molecule has 1 aliphatic heterocycles. The molecule has 13 heavy (non-hydrogen) atoms. The van der Waals surface area contributed by atoms with E-state index in [0.717, 1.165) is 0 Å². The monoisotopic (exact) mass is 207 g/mol. The van der Waals surface area contributed by atoms with Gasteiger partial charge in [0.05, 0.1) is 18.1 Å². The van der Waals surface area contributed by atoms with E-state index in [4.69, 9.17) is 10.5 Å². The summed E-state index contributed by atoms with van der Waals surface area (Å²) < 4.78 is 26.8. The summed E-state index contributed by atoms with van der Waals surface area (Å²) in [5.74, 6) is -0.933. The Labute approximate surface area is 77.2 Å². The van der Waals surface area contributed by atoms with Crippen molar-refractivity contribution in [3.05, 3.63) is 0 Å². The Hall–Kier alpha value is -0.620. The minimum atomic E-state index is -3.14. The van der Waals surface area contributed by atoms with Gasteiger partial charge >= 0.3 is 5.97 Å². The standard InChI is InChI=1S/C7H13NO4S/c1-2-12-6(9)7(8)3-4-13(10,11)5-7/h2-5,8H2,1H3. The lowest BCUT2D eigenvalue weighted by atomic mass is 10.0. The Kier molecular flexibility index (Phi) is 2.63. The lowest BCUT2D eigenvalue weighted by Crippen LogP contribution is -2.50. The van der Waals surface area contributed by atoms with E-state index in [0.29, 0.717) is 0 Å². The van der Waals surface area contributed by atoms with E-state index in [2.05, 4.69) is 0 Å². The van der Waals surface area contributed by atoms with Crippen LogP contribution in [0.1, 0.15) is 13.3 Å². The van der Waals surface area contributed by atoms with Gasteiger partial charge in [0.15, 0.2) is 9.84 Å². The number of hydrogen-bond donors (Lipinski definition) is 1. The quantitative estimate of drug-likeness (QED) is 0.591. The van der Waals surface area contributed by atoms with Crippen molar-refractivity contribution < 1.29 is 17.9 Å². The van der Waals surface area contributed by atoms with Gasteiger partial charge in [-0.3, -0.25) is 4.79 Å². The molecule has 6 heteroatoms. The van der Waals surface area contributed by atoms with E-state index in [-0.39, 0.29) is 24.5 Å². The molecule has 1 rings (SSSR count). The molecule has 0 aromatic heterocycles. The van der Waals surface area contributed by atoms with Crippen LogP contribution in [0.2, 0.25) is 0 Å². The molecule has 1 saturated heterocycles. The summed E-state index contributed by atoms with van der Waals surface area (Å²) in [6.45, 7) is 1.88. The largest absolute Gasteiger partial charge is 0.465 e. The van der Waals surface area contributed by atoms with Crippen molar-refractivity contribution >= 4 is 15.8 Å². The predicted octanol–water partition coefficient (Wildman–Crippen LogP) is -0.934. The highest BCUT2D eigenvalue weighted by atomic mass is 32.2. The van der Waals surface area contributed by atoms with Crippen LogP contribution in [0.5, 0.6) is 0 Å². The molecule has 0 amide bonds. The number of sulfone groups is 1. The van der Waals surface area contributed by atoms with Crippen LogP contribution in [0, 0.1) is 0 Å². The van der Waals surface area contributed by atoms with E-state index >= 15 is 0 Å². The summed E-state index contributed by atoms with van der Waals surface area (Å²) in [7, 11) is -3.14. The van der Waals surface area contributed by atoms with Gasteiger partial charge in [-0.1, -0.05) is 0 Å². The van der Waals surface area contributed by atoms with Crippen LogP contribution in [-0.2, 0) is 19.4 Å². The van der Waals surface area contributed by atoms with E-state index in [1.807, 2.05) is 0 Å². The van der Waals surface area contributed by atoms with Crippen molar-refractivity contribution in [3.63, 3.8) is 0 Å². The molecule has 5 nitrogen and oxygen atoms in total. The summed E-state index contributed by atoms with van der Waals surface area (Å²) >= 11 is 0. The summed E-state index contributed by atoms with van der Waals surface area (Å²) in [6.07, 6.45) is 0.161. The second kappa shape index (κ2) is 3.26. The fourth-order valence-electron chi connectivity index (χ4n) is 1.31. The second-order valence-electron chi connectivity index (χ2n) is 3.22. The number of esters is 1. The van der Waals surface area contributed by atoms with Gasteiger partial charge in [-0.05, 0) is 13.3 Å². The zero-order valence-corrected chi connectivity index (χ0v) is 8.26. The molecule has 2 N–H and O–H groups in total. The van der Waals surface area contributed by atoms with Crippen molar-refractivity contribution in [1.29, 1.82) is 0 Å². The molecule has 1 fully saturated rings. The summed E-state index contributed by atoms with van der Waals surface area (Å²) in [6, 6.07) is 0. The first-order valence-corrected chi connectivity index (χ1v) is 5.88. The minimum Gasteiger partial charge on any atom is -0.465 e. The number of ether oxygens (including phenoxy) is 1. The molecule has 1 unspecified atom stereocenters. The van der Waals surface area contributed by atoms with Crippen molar-refractivity contribution in [2.75, 3.05) is 18.1 Å². The van der Waals surface area contributed by atoms with Crippen LogP contribution in [-0.4, -0.2) is 38.0 Å². The Morgan fingerprint density at radius 3 is 2.62 bits per heavy atom. The molecule has 1 aliphatic rings. The van der Waals surface area contributed by atoms with E-state index in [1.165, 1.54) is 0 Å². The first-order chi connectivity index (χ1) is 5.90. The molecule has 1 heterocycles. The molecule has 0 aromatic carbocycles. The molecule has 1 atom stereocenters. The highest BCUT2D eigenvalue weighted by molar-refractivity contribution is 7.91. The lowest BCUT2D eigenvalue weighted by molar-refractivity contribution is -0.148. The Morgan fingerprint density at radius 1 is 1.62 bits per heavy atom. The van der Waals surface area contributed by atoms with Crippen molar-refractivity contribution in [2.45, 2.75) is 18.9 Å². The first-order valence-electron chi connectivity index (χ1n) is 4.06. The van der Waals surface area contributed by atoms with Crippen molar-refractivity contribution in [3.8, 4) is 0 Å². The van der Waals surface area contributed by atoms with Gasteiger partial charge in [-0.25, -0.2) is 8.42 Å². The average molecular weight is 207 g/mol. The van der Waals surface area contributed by atoms with Crippen LogP contribution in [0.25, 0.3) is 0 Å². The summed E-state index contributed by atoms with van der Waals surface area (Å²) in [4.78, 5) is 11.2. The normalized spacial score (nSPS) is 31.5. The Morgan fingerprint density at radius 2 is 2.23 bits per heavy atom. The average Bonchev–Trinajstić information content (AvgIpc) is 2.28. The fourth-order valence-corrected chi connectivity index (χ4v) is 3.18. The summed E-state index contributed by atoms with van der Waals surface area (Å²) in [5, 5.41) is 0. The zero-order chi connectivity index (χ0) is 10.1. The fraction of sp³-hybridized carbons (Fsp3) is 0.857. The molecular weight excluding hydrogens is 194 g/mol. The minimum absolute atomic E-state index is 0.0255. The van der Waals surface area contributed by atoms with Gasteiger partial charge in [-0.15, -0.1) is 0 Å². The van der Waals surface area contributed by atoms with E-state index in [9.17, 15) is 13.2 Å². The molecule has 0 aliphatic carbocycles. The Bertz CT molecular complexity index is 310. The third-order valence-corrected chi connectivity index (χ3v) is 3.80. The van der Waals surface area contributed by atoms with Crippen LogP contribution in [0.4, 0.5) is 0 Å². The molecular formula is C7H13NO4S. The SMILES string of the molecule is CCOC(=O)C1(N)CCS(=O)(=O)C1. The number of hydrogen-bond acceptors (Lipinski definition) is 5. The summed E-state index contributed by atoms with van der Waals surface area (Å²) in [5.41, 5.74) is 4.30. The topological polar surface area (TPSA) is 86.5 Å². The van der Waals surface area contributed by atoms with Crippen LogP contribution in [0.15, 0.2) is 0 Å². The molecule has 0 spiro atoms. The number of carbonyl (C=O) groups is 1. The molecule has 0 aromatic rings. The molecule has 0 saturated carbocycles. The third-order valence-electron chi connectivity index (χ3n) is 2.02. The van der Waals surface area contributed by atoms with Crippen molar-refractivity contribution in [1.82, 2.24) is 0 Å². The van der Waals surface area contributed by atoms with Gasteiger partial charge in [0.1, 0.15) is 5.54 Å². The lowest BCUT2D eigenvalue weighted by Gasteiger charge is -2.18. The number of nitrogens with two attached hydrogens (primary N) is 1. The maximum Gasteiger partial charge on any atom is 0.327 e. The zero-order valence-electron chi connectivity index (χ0n) is 7.45. The first kappa shape index (κ1) is 10.5. The second-order valence-corrected chi connectivity index (χ2v) is 5.40. The predicted molar refractivity (Wildman–Crippen MR) is 46.8 cm³/mol. The third kappa shape index (κ3) is 2.19. The Balaban J connectivity index is 2.75. The van der Waals surface area contributed by atoms with Gasteiger partial charge in [0, 0.05) is 0 Å². The van der Waals surface area contributed by atoms with Crippen LogP contribution in [0.3, 0.4) is 0 Å². The highest BCUT2D eigenvalue weighted by Gasteiger charge is 2.46. The smallest absolute Gasteiger partial charge is 0.327 e. The van der Waals surface area contributed by atoms with Gasteiger partial charge in [-0.2, -0.15) is 0 Å².